The smallest absolute Gasteiger partial charge is 0.311 e. The highest BCUT2D eigenvalue weighted by atomic mass is 16.5. The van der Waals surface area contributed by atoms with Crippen LogP contribution in [-0.4, -0.2) is 17.6 Å². The molecular weight excluding hydrogens is 316 g/mol. The molecule has 0 heterocycles. The second-order valence-electron chi connectivity index (χ2n) is 5.70. The third kappa shape index (κ3) is 4.67. The van der Waals surface area contributed by atoms with Gasteiger partial charge in [-0.15, -0.1) is 0 Å². The van der Waals surface area contributed by atoms with E-state index in [0.717, 1.165) is 18.4 Å². The molecule has 0 spiro atoms. The average Bonchev–Trinajstić information content (AvgIpc) is 2.60. The van der Waals surface area contributed by atoms with Gasteiger partial charge in [0.1, 0.15) is 17.4 Å². The minimum absolute atomic E-state index is 0.0499. The summed E-state index contributed by atoms with van der Waals surface area (Å²) in [5, 5.41) is 15.2. The van der Waals surface area contributed by atoms with Gasteiger partial charge in [-0.2, -0.15) is 0 Å². The van der Waals surface area contributed by atoms with Crippen LogP contribution in [0.15, 0.2) is 42.5 Å². The predicted molar refractivity (Wildman–Crippen MR) is 99.1 cm³/mol. The zero-order chi connectivity index (χ0) is 18.4. The highest BCUT2D eigenvalue weighted by molar-refractivity contribution is 5.98. The maximum atomic E-state index is 12.0. The van der Waals surface area contributed by atoms with E-state index >= 15 is 0 Å². The number of carbonyl (C=O) groups excluding carboxylic acids is 1. The molecular formula is C19H22N4O2. The number of unbranched alkanes of at least 4 members (excludes halogenated alkanes) is 1. The van der Waals surface area contributed by atoms with Crippen molar-refractivity contribution in [2.24, 2.45) is 11.5 Å². The van der Waals surface area contributed by atoms with Gasteiger partial charge in [0, 0.05) is 23.1 Å². The van der Waals surface area contributed by atoms with Crippen LogP contribution >= 0.6 is 0 Å². The number of nitrogen functional groups attached to an aromatic ring is 2. The van der Waals surface area contributed by atoms with E-state index in [2.05, 4.69) is 0 Å². The van der Waals surface area contributed by atoms with Crippen molar-refractivity contribution in [2.75, 3.05) is 0 Å². The van der Waals surface area contributed by atoms with Crippen molar-refractivity contribution in [3.63, 3.8) is 0 Å². The van der Waals surface area contributed by atoms with Crippen LogP contribution in [0.3, 0.4) is 0 Å². The van der Waals surface area contributed by atoms with Crippen molar-refractivity contribution in [3.05, 3.63) is 53.6 Å². The summed E-state index contributed by atoms with van der Waals surface area (Å²) >= 11 is 0. The Morgan fingerprint density at radius 2 is 1.72 bits per heavy atom. The third-order valence-corrected chi connectivity index (χ3v) is 3.73. The van der Waals surface area contributed by atoms with Gasteiger partial charge in [-0.3, -0.25) is 15.6 Å². The second kappa shape index (κ2) is 8.10. The fourth-order valence-electron chi connectivity index (χ4n) is 2.36. The number of ether oxygens (including phenoxy) is 1. The number of rotatable bonds is 7. The molecule has 0 bridgehead atoms. The van der Waals surface area contributed by atoms with Crippen molar-refractivity contribution >= 4 is 17.6 Å². The molecule has 0 unspecified atom stereocenters. The first-order valence-electron chi connectivity index (χ1n) is 8.06. The number of nitrogens with one attached hydrogen (secondary N) is 2. The molecule has 0 amide bonds. The third-order valence-electron chi connectivity index (χ3n) is 3.73. The molecule has 0 fully saturated rings. The molecule has 0 saturated heterocycles. The van der Waals surface area contributed by atoms with E-state index in [1.165, 1.54) is 0 Å². The minimum atomic E-state index is -0.304. The standard InChI is InChI=1S/C19H22N4O2/c1-2-3-7-17(24)25-16-9-8-14(19(22)23)11-15(16)12-5-4-6-13(10-12)18(20)21/h4-6,8-11H,2-3,7H2,1H3,(H3,20,21)(H3,22,23). The van der Waals surface area contributed by atoms with E-state index in [1.807, 2.05) is 13.0 Å². The SMILES string of the molecule is CCCCC(=O)Oc1ccc(C(=N)N)cc1-c1cccc(C(=N)N)c1. The number of esters is 1. The van der Waals surface area contributed by atoms with Gasteiger partial charge in [0.25, 0.3) is 0 Å². The number of carbonyl (C=O) groups is 1. The predicted octanol–water partition coefficient (Wildman–Crippen LogP) is 3.02. The van der Waals surface area contributed by atoms with Crippen molar-refractivity contribution in [3.8, 4) is 16.9 Å². The Bertz CT molecular complexity index is 815. The summed E-state index contributed by atoms with van der Waals surface area (Å²) in [4.78, 5) is 12.0. The summed E-state index contributed by atoms with van der Waals surface area (Å²) < 4.78 is 5.50. The normalized spacial score (nSPS) is 10.3. The molecule has 6 heteroatoms. The van der Waals surface area contributed by atoms with Crippen LogP contribution in [0.4, 0.5) is 0 Å². The molecule has 2 rings (SSSR count). The maximum absolute atomic E-state index is 12.0. The van der Waals surface area contributed by atoms with Gasteiger partial charge in [0.05, 0.1) is 0 Å². The molecule has 0 radical (unpaired) electrons. The minimum Gasteiger partial charge on any atom is -0.426 e. The van der Waals surface area contributed by atoms with E-state index in [9.17, 15) is 4.79 Å². The molecule has 0 aliphatic carbocycles. The zero-order valence-electron chi connectivity index (χ0n) is 14.1. The number of amidine groups is 2. The van der Waals surface area contributed by atoms with Crippen LogP contribution in [0.2, 0.25) is 0 Å². The van der Waals surface area contributed by atoms with Gasteiger partial charge in [0.2, 0.25) is 0 Å². The van der Waals surface area contributed by atoms with E-state index < -0.39 is 0 Å². The lowest BCUT2D eigenvalue weighted by molar-refractivity contribution is -0.134. The van der Waals surface area contributed by atoms with Crippen molar-refractivity contribution < 1.29 is 9.53 Å². The molecule has 0 aliphatic heterocycles. The summed E-state index contributed by atoms with van der Waals surface area (Å²) in [5.41, 5.74) is 13.6. The van der Waals surface area contributed by atoms with Crippen LogP contribution in [0.1, 0.15) is 37.3 Å². The van der Waals surface area contributed by atoms with E-state index in [4.69, 9.17) is 27.0 Å². The van der Waals surface area contributed by atoms with Gasteiger partial charge in [0.15, 0.2) is 0 Å². The van der Waals surface area contributed by atoms with E-state index in [-0.39, 0.29) is 17.6 Å². The first kappa shape index (κ1) is 18.2. The Morgan fingerprint density at radius 3 is 2.36 bits per heavy atom. The second-order valence-corrected chi connectivity index (χ2v) is 5.70. The first-order chi connectivity index (χ1) is 11.9. The Balaban J connectivity index is 2.47. The van der Waals surface area contributed by atoms with Crippen LogP contribution < -0.4 is 16.2 Å². The summed E-state index contributed by atoms with van der Waals surface area (Å²) in [7, 11) is 0. The van der Waals surface area contributed by atoms with Gasteiger partial charge < -0.3 is 16.2 Å². The van der Waals surface area contributed by atoms with Crippen molar-refractivity contribution in [1.29, 1.82) is 10.8 Å². The molecule has 0 saturated carbocycles. The highest BCUT2D eigenvalue weighted by Gasteiger charge is 2.13. The molecule has 6 nitrogen and oxygen atoms in total. The Morgan fingerprint density at radius 1 is 1.04 bits per heavy atom. The molecule has 2 aromatic carbocycles. The largest absolute Gasteiger partial charge is 0.426 e. The summed E-state index contributed by atoms with van der Waals surface area (Å²) in [6.07, 6.45) is 2.02. The van der Waals surface area contributed by atoms with Crippen LogP contribution in [0.5, 0.6) is 5.75 Å². The zero-order valence-corrected chi connectivity index (χ0v) is 14.1. The van der Waals surface area contributed by atoms with Gasteiger partial charge in [-0.05, 0) is 36.2 Å². The Labute approximate surface area is 146 Å². The number of nitrogens with two attached hydrogens (primary N) is 2. The lowest BCUT2D eigenvalue weighted by atomic mass is 9.99. The number of benzene rings is 2. The van der Waals surface area contributed by atoms with Crippen LogP contribution in [0.25, 0.3) is 11.1 Å². The van der Waals surface area contributed by atoms with Crippen molar-refractivity contribution in [2.45, 2.75) is 26.2 Å². The lowest BCUT2D eigenvalue weighted by Crippen LogP contribution is -2.13. The summed E-state index contributed by atoms with van der Waals surface area (Å²) in [5.74, 6) is -0.0351. The topological polar surface area (TPSA) is 126 Å². The van der Waals surface area contributed by atoms with Crippen LogP contribution in [-0.2, 0) is 4.79 Å². The molecule has 130 valence electrons. The van der Waals surface area contributed by atoms with E-state index in [0.29, 0.717) is 28.9 Å². The molecule has 2 aromatic rings. The molecule has 0 aromatic heterocycles. The fourth-order valence-corrected chi connectivity index (χ4v) is 2.36. The number of hydrogen-bond acceptors (Lipinski definition) is 4. The maximum Gasteiger partial charge on any atom is 0.311 e. The summed E-state index contributed by atoms with van der Waals surface area (Å²) in [6.45, 7) is 2.01. The monoisotopic (exact) mass is 338 g/mol. The first-order valence-corrected chi connectivity index (χ1v) is 8.06. The van der Waals surface area contributed by atoms with E-state index in [1.54, 1.807) is 36.4 Å². The molecule has 6 N–H and O–H groups in total. The fraction of sp³-hybridized carbons (Fsp3) is 0.211. The average molecular weight is 338 g/mol. The Hall–Kier alpha value is -3.15. The number of hydrogen-bond donors (Lipinski definition) is 4. The molecule has 0 atom stereocenters. The van der Waals surface area contributed by atoms with Crippen molar-refractivity contribution in [1.82, 2.24) is 0 Å². The quantitative estimate of drug-likeness (QED) is 0.268. The molecule has 0 aliphatic rings. The summed E-state index contributed by atoms with van der Waals surface area (Å²) in [6, 6.07) is 12.0. The molecule has 25 heavy (non-hydrogen) atoms. The lowest BCUT2D eigenvalue weighted by Gasteiger charge is -2.13. The Kier molecular flexibility index (Phi) is 5.89. The van der Waals surface area contributed by atoms with Gasteiger partial charge >= 0.3 is 5.97 Å². The van der Waals surface area contributed by atoms with Gasteiger partial charge in [-0.1, -0.05) is 31.5 Å². The van der Waals surface area contributed by atoms with Gasteiger partial charge in [-0.25, -0.2) is 0 Å². The van der Waals surface area contributed by atoms with Crippen LogP contribution in [0, 0.1) is 10.8 Å². The highest BCUT2D eigenvalue weighted by Crippen LogP contribution is 2.32.